The van der Waals surface area contributed by atoms with Gasteiger partial charge in [-0.3, -0.25) is 34.2 Å². The van der Waals surface area contributed by atoms with Crippen LogP contribution in [0.3, 0.4) is 0 Å². The van der Waals surface area contributed by atoms with Gasteiger partial charge in [0, 0.05) is 43.7 Å². The number of carbonyl (C=O) groups is 5. The topological polar surface area (TPSA) is 195 Å². The lowest BCUT2D eigenvalue weighted by Gasteiger charge is -2.33. The van der Waals surface area contributed by atoms with Gasteiger partial charge >= 0.3 is 0 Å². The maximum absolute atomic E-state index is 13.4. The molecular formula is C47H53N9O6. The number of anilines is 2. The number of hydrogen-bond donors (Lipinski definition) is 3. The number of amides is 5. The molecule has 15 heteroatoms. The van der Waals surface area contributed by atoms with E-state index in [1.54, 1.807) is 18.2 Å². The number of para-hydroxylation sites is 1. The monoisotopic (exact) mass is 839 g/mol. The normalized spacial score (nSPS) is 17.7. The summed E-state index contributed by atoms with van der Waals surface area (Å²) in [7, 11) is 0. The van der Waals surface area contributed by atoms with Crippen LogP contribution in [0.1, 0.15) is 117 Å². The fourth-order valence-corrected chi connectivity index (χ4v) is 8.82. The number of likely N-dealkylation sites (tertiary alicyclic amines) is 1. The smallest absolute Gasteiger partial charge is 0.264 e. The van der Waals surface area contributed by atoms with Crippen LogP contribution in [-0.4, -0.2) is 84.8 Å². The Morgan fingerprint density at radius 1 is 0.806 bits per heavy atom. The van der Waals surface area contributed by atoms with E-state index >= 15 is 0 Å². The second-order valence-electron chi connectivity index (χ2n) is 16.4. The molecule has 0 aliphatic carbocycles. The Labute approximate surface area is 360 Å². The molecule has 5 aromatic rings. The third-order valence-corrected chi connectivity index (χ3v) is 12.1. The molecule has 0 radical (unpaired) electrons. The number of aromatic nitrogens is 4. The summed E-state index contributed by atoms with van der Waals surface area (Å²) < 4.78 is 7.93. The predicted molar refractivity (Wildman–Crippen MR) is 234 cm³/mol. The lowest BCUT2D eigenvalue weighted by molar-refractivity contribution is -0.136. The molecule has 15 nitrogen and oxygen atoms in total. The molecule has 1 unspecified atom stereocenters. The van der Waals surface area contributed by atoms with Crippen LogP contribution in [0, 0.1) is 0 Å². The van der Waals surface area contributed by atoms with Gasteiger partial charge in [0.05, 0.1) is 22.6 Å². The van der Waals surface area contributed by atoms with Crippen LogP contribution in [-0.2, 0) is 14.4 Å². The van der Waals surface area contributed by atoms with Gasteiger partial charge < -0.3 is 20.7 Å². The van der Waals surface area contributed by atoms with E-state index in [0.717, 1.165) is 93.4 Å². The number of nitrogen functional groups attached to an aromatic ring is 1. The third-order valence-electron chi connectivity index (χ3n) is 12.1. The van der Waals surface area contributed by atoms with Crippen LogP contribution in [0.5, 0.6) is 11.5 Å². The first-order valence-corrected chi connectivity index (χ1v) is 21.9. The number of piperidine rings is 2. The van der Waals surface area contributed by atoms with Gasteiger partial charge in [-0.1, -0.05) is 69.2 Å². The van der Waals surface area contributed by atoms with E-state index in [9.17, 15) is 24.0 Å². The van der Waals surface area contributed by atoms with E-state index in [1.807, 2.05) is 64.2 Å². The van der Waals surface area contributed by atoms with E-state index in [4.69, 9.17) is 15.6 Å². The van der Waals surface area contributed by atoms with Crippen molar-refractivity contribution in [2.45, 2.75) is 102 Å². The highest BCUT2D eigenvalue weighted by Gasteiger charge is 2.45. The van der Waals surface area contributed by atoms with Crippen molar-refractivity contribution in [1.29, 1.82) is 0 Å². The molecule has 5 heterocycles. The van der Waals surface area contributed by atoms with Gasteiger partial charge in [0.1, 0.15) is 35.4 Å². The molecule has 322 valence electrons. The van der Waals surface area contributed by atoms with Crippen molar-refractivity contribution in [2.24, 2.45) is 0 Å². The average Bonchev–Trinajstić information content (AvgIpc) is 3.80. The van der Waals surface area contributed by atoms with Crippen LogP contribution in [0.4, 0.5) is 11.5 Å². The van der Waals surface area contributed by atoms with Gasteiger partial charge in [-0.15, -0.1) is 0 Å². The molecule has 3 aliphatic heterocycles. The fourth-order valence-electron chi connectivity index (χ4n) is 8.82. The highest BCUT2D eigenvalue weighted by Crippen LogP contribution is 2.36. The number of rotatable bonds is 18. The Hall–Kier alpha value is -6.64. The number of ether oxygens (including phenoxy) is 1. The minimum atomic E-state index is -0.982. The molecule has 62 heavy (non-hydrogen) atoms. The van der Waals surface area contributed by atoms with Crippen molar-refractivity contribution in [2.75, 3.05) is 30.7 Å². The number of carbonyl (C=O) groups excluding carboxylic acids is 5. The SMILES string of the molecule is Nc1ncnc2c1c(-c1ccc(Oc3ccccc3)cc1)nn2[C@@H]1CCCN(C(=O)CCCCCCCCCCCNc2cccc3c2C(=O)N(C2CCC(=O)NC2=O)C3=O)C1. The molecule has 2 fully saturated rings. The van der Waals surface area contributed by atoms with E-state index in [-0.39, 0.29) is 35.9 Å². The summed E-state index contributed by atoms with van der Waals surface area (Å²) in [4.78, 5) is 75.7. The van der Waals surface area contributed by atoms with Crippen molar-refractivity contribution in [3.8, 4) is 22.8 Å². The number of nitrogens with two attached hydrogens (primary N) is 1. The quantitative estimate of drug-likeness (QED) is 0.0586. The molecule has 3 aromatic carbocycles. The van der Waals surface area contributed by atoms with Crippen LogP contribution >= 0.6 is 0 Å². The van der Waals surface area contributed by atoms with E-state index < -0.39 is 29.7 Å². The molecule has 2 atom stereocenters. The Kier molecular flexibility index (Phi) is 13.2. The maximum atomic E-state index is 13.4. The lowest BCUT2D eigenvalue weighted by atomic mass is 10.0. The van der Waals surface area contributed by atoms with Gasteiger partial charge in [-0.2, -0.15) is 5.10 Å². The van der Waals surface area contributed by atoms with Crippen molar-refractivity contribution < 1.29 is 28.7 Å². The Balaban J connectivity index is 0.730. The highest BCUT2D eigenvalue weighted by molar-refractivity contribution is 6.25. The number of nitrogens with one attached hydrogen (secondary N) is 2. The highest BCUT2D eigenvalue weighted by atomic mass is 16.5. The summed E-state index contributed by atoms with van der Waals surface area (Å²) in [6.07, 6.45) is 13.5. The molecule has 2 aromatic heterocycles. The minimum absolute atomic E-state index is 0.0264. The summed E-state index contributed by atoms with van der Waals surface area (Å²) in [5, 5.41) is 11.3. The molecule has 3 aliphatic rings. The summed E-state index contributed by atoms with van der Waals surface area (Å²) in [6, 6.07) is 21.5. The summed E-state index contributed by atoms with van der Waals surface area (Å²) in [5.41, 5.74) is 9.82. The molecule has 4 N–H and O–H groups in total. The number of hydrogen-bond acceptors (Lipinski definition) is 11. The van der Waals surface area contributed by atoms with E-state index in [2.05, 4.69) is 20.6 Å². The standard InChI is InChI=1S/C47H53N9O6/c48-43-41-42(31-21-23-34(24-22-31)62-33-16-9-8-10-17-33)53-56(44(41)51-30-50-43)32-15-14-28-54(29-32)39(58)20-11-6-4-2-1-3-5-7-12-27-49-36-19-13-18-35-40(36)47(61)55(46(35)60)37-25-26-38(57)52-45(37)59/h8-10,13,16-19,21-24,30,32,37,49H,1-7,11-12,14-15,20,25-29H2,(H2,48,50,51)(H,52,57,59)/t32-,37?/m1/s1. The zero-order chi connectivity index (χ0) is 43.0. The predicted octanol–water partition coefficient (Wildman–Crippen LogP) is 7.45. The first-order valence-electron chi connectivity index (χ1n) is 21.9. The molecule has 0 bridgehead atoms. The van der Waals surface area contributed by atoms with E-state index in [0.29, 0.717) is 53.5 Å². The Bertz CT molecular complexity index is 2440. The van der Waals surface area contributed by atoms with Crippen LogP contribution in [0.2, 0.25) is 0 Å². The van der Waals surface area contributed by atoms with Gasteiger partial charge in [0.2, 0.25) is 17.7 Å². The molecule has 0 spiro atoms. The largest absolute Gasteiger partial charge is 0.457 e. The zero-order valence-corrected chi connectivity index (χ0v) is 34.9. The van der Waals surface area contributed by atoms with Gasteiger partial charge in [-0.05, 0) is 80.6 Å². The van der Waals surface area contributed by atoms with Crippen LogP contribution in [0.25, 0.3) is 22.3 Å². The number of unbranched alkanes of at least 4 members (excludes halogenated alkanes) is 8. The Morgan fingerprint density at radius 3 is 2.29 bits per heavy atom. The van der Waals surface area contributed by atoms with Crippen molar-refractivity contribution in [3.63, 3.8) is 0 Å². The van der Waals surface area contributed by atoms with Crippen LogP contribution in [0.15, 0.2) is 79.1 Å². The van der Waals surface area contributed by atoms with E-state index in [1.165, 1.54) is 6.33 Å². The minimum Gasteiger partial charge on any atom is -0.457 e. The number of fused-ring (bicyclic) bond motifs is 2. The molecule has 2 saturated heterocycles. The molecule has 0 saturated carbocycles. The number of benzene rings is 3. The van der Waals surface area contributed by atoms with Crippen LogP contribution < -0.4 is 21.1 Å². The van der Waals surface area contributed by atoms with Gasteiger partial charge in [0.25, 0.3) is 11.8 Å². The molecule has 5 amide bonds. The second kappa shape index (κ2) is 19.4. The lowest BCUT2D eigenvalue weighted by Crippen LogP contribution is -2.54. The zero-order valence-electron chi connectivity index (χ0n) is 34.9. The first kappa shape index (κ1) is 42.1. The molecule has 8 rings (SSSR count). The van der Waals surface area contributed by atoms with Crippen molar-refractivity contribution in [3.05, 3.63) is 90.3 Å². The second-order valence-corrected chi connectivity index (χ2v) is 16.4. The number of nitrogens with zero attached hydrogens (tertiary/aromatic N) is 6. The van der Waals surface area contributed by atoms with Gasteiger partial charge in [0.15, 0.2) is 5.65 Å². The van der Waals surface area contributed by atoms with Gasteiger partial charge in [-0.25, -0.2) is 14.6 Å². The van der Waals surface area contributed by atoms with Crippen molar-refractivity contribution in [1.82, 2.24) is 34.9 Å². The first-order chi connectivity index (χ1) is 30.3. The Morgan fingerprint density at radius 2 is 1.53 bits per heavy atom. The van der Waals surface area contributed by atoms with Crippen molar-refractivity contribution >= 4 is 52.1 Å². The fraction of sp³-hybridized carbons (Fsp3) is 0.404. The average molecular weight is 840 g/mol. The summed E-state index contributed by atoms with van der Waals surface area (Å²) in [5.74, 6) is 0.0119. The molecular weight excluding hydrogens is 787 g/mol. The third kappa shape index (κ3) is 9.31. The maximum Gasteiger partial charge on any atom is 0.264 e. The number of imide groups is 2. The summed E-state index contributed by atoms with van der Waals surface area (Å²) in [6.45, 7) is 1.98. The summed E-state index contributed by atoms with van der Waals surface area (Å²) >= 11 is 0.